The lowest BCUT2D eigenvalue weighted by atomic mass is 10.1. The summed E-state index contributed by atoms with van der Waals surface area (Å²) in [4.78, 5) is 18.7. The quantitative estimate of drug-likeness (QED) is 0.795. The van der Waals surface area contributed by atoms with Crippen molar-refractivity contribution in [3.8, 4) is 0 Å². The number of hydrogen-bond donors (Lipinski definition) is 1. The molecular weight excluding hydrogens is 316 g/mol. The number of carbonyl (C=O) groups is 1. The molecule has 1 aliphatic rings. The highest BCUT2D eigenvalue weighted by Crippen LogP contribution is 2.21. The zero-order valence-corrected chi connectivity index (χ0v) is 13.9. The third kappa shape index (κ3) is 3.42. The Bertz CT molecular complexity index is 888. The van der Waals surface area contributed by atoms with E-state index in [1.54, 1.807) is 23.1 Å². The third-order valence-electron chi connectivity index (χ3n) is 4.60. The summed E-state index contributed by atoms with van der Waals surface area (Å²) in [6.45, 7) is 0.997. The van der Waals surface area contributed by atoms with Crippen LogP contribution in [0, 0.1) is 0 Å². The molecule has 1 N–H and O–H groups in total. The smallest absolute Gasteiger partial charge is 0.254 e. The number of likely N-dealkylation sites (tertiary alicyclic amines) is 1. The molecule has 1 aromatic heterocycles. The first-order valence-electron chi connectivity index (χ1n) is 8.60. The molecule has 1 aliphatic heterocycles. The monoisotopic (exact) mass is 336 g/mol. The second kappa shape index (κ2) is 6.69. The number of hydrogen-bond acceptors (Lipinski definition) is 4. The second-order valence-corrected chi connectivity index (χ2v) is 6.47. The van der Waals surface area contributed by atoms with Crippen molar-refractivity contribution in [1.82, 2.24) is 9.88 Å². The largest absolute Gasteiger partial charge is 0.441 e. The maximum absolute atomic E-state index is 12.5. The highest BCUT2D eigenvalue weighted by molar-refractivity contribution is 5.97. The van der Waals surface area contributed by atoms with Gasteiger partial charge in [0, 0.05) is 25.1 Å². The summed E-state index contributed by atoms with van der Waals surface area (Å²) in [5.41, 5.74) is 3.23. The lowest BCUT2D eigenvalue weighted by Gasteiger charge is -2.15. The fourth-order valence-electron chi connectivity index (χ4n) is 3.22. The summed E-state index contributed by atoms with van der Waals surface area (Å²) in [6.07, 6.45) is 1.82. The van der Waals surface area contributed by atoms with Crippen LogP contribution in [-0.2, 0) is 12.8 Å². The molecule has 128 valence electrons. The summed E-state index contributed by atoms with van der Waals surface area (Å²) in [5.74, 6) is 0.618. The molecule has 0 bridgehead atoms. The van der Waals surface area contributed by atoms with Gasteiger partial charge in [0.2, 0.25) is 0 Å². The molecule has 1 fully saturated rings. The van der Waals surface area contributed by atoms with Crippen molar-refractivity contribution in [2.24, 2.45) is 0 Å². The van der Waals surface area contributed by atoms with E-state index in [1.165, 1.54) is 5.56 Å². The van der Waals surface area contributed by atoms with Gasteiger partial charge in [-0.1, -0.05) is 30.3 Å². The Labute approximate surface area is 145 Å². The molecule has 1 atom stereocenters. The number of aliphatic hydroxyl groups is 1. The number of carbonyl (C=O) groups excluding carboxylic acids is 1. The van der Waals surface area contributed by atoms with E-state index in [-0.39, 0.29) is 5.91 Å². The van der Waals surface area contributed by atoms with Crippen LogP contribution in [0.2, 0.25) is 0 Å². The molecule has 0 saturated carbocycles. The molecule has 25 heavy (non-hydrogen) atoms. The topological polar surface area (TPSA) is 66.6 Å². The van der Waals surface area contributed by atoms with Gasteiger partial charge in [-0.25, -0.2) is 4.98 Å². The van der Waals surface area contributed by atoms with E-state index < -0.39 is 6.10 Å². The number of nitrogens with zero attached hydrogens (tertiary/aromatic N) is 2. The SMILES string of the molecule is O=C(c1ccc2oc(CCc3ccccc3)nc2c1)N1CC[C@H](O)C1. The average Bonchev–Trinajstić information content (AvgIpc) is 3.25. The Kier molecular flexibility index (Phi) is 4.24. The van der Waals surface area contributed by atoms with E-state index in [0.29, 0.717) is 42.1 Å². The second-order valence-electron chi connectivity index (χ2n) is 6.47. The molecule has 0 aliphatic carbocycles. The van der Waals surface area contributed by atoms with Crippen molar-refractivity contribution in [2.45, 2.75) is 25.4 Å². The van der Waals surface area contributed by atoms with Crippen LogP contribution in [0.1, 0.15) is 28.2 Å². The Morgan fingerprint density at radius 1 is 1.20 bits per heavy atom. The van der Waals surface area contributed by atoms with Crippen molar-refractivity contribution in [2.75, 3.05) is 13.1 Å². The number of benzene rings is 2. The van der Waals surface area contributed by atoms with E-state index in [9.17, 15) is 9.90 Å². The highest BCUT2D eigenvalue weighted by Gasteiger charge is 2.25. The predicted octanol–water partition coefficient (Wildman–Crippen LogP) is 2.82. The molecule has 0 unspecified atom stereocenters. The van der Waals surface area contributed by atoms with Crippen LogP contribution in [0.25, 0.3) is 11.1 Å². The number of oxazole rings is 1. The van der Waals surface area contributed by atoms with Crippen LogP contribution < -0.4 is 0 Å². The minimum atomic E-state index is -0.413. The Morgan fingerprint density at radius 3 is 2.80 bits per heavy atom. The molecular formula is C20H20N2O3. The van der Waals surface area contributed by atoms with Gasteiger partial charge in [-0.3, -0.25) is 4.79 Å². The van der Waals surface area contributed by atoms with Crippen LogP contribution in [0.3, 0.4) is 0 Å². The molecule has 2 heterocycles. The van der Waals surface area contributed by atoms with E-state index in [2.05, 4.69) is 17.1 Å². The fraction of sp³-hybridized carbons (Fsp3) is 0.300. The van der Waals surface area contributed by atoms with Crippen LogP contribution in [0.5, 0.6) is 0 Å². The predicted molar refractivity (Wildman–Crippen MR) is 94.4 cm³/mol. The molecule has 4 rings (SSSR count). The number of aliphatic hydroxyl groups excluding tert-OH is 1. The van der Waals surface area contributed by atoms with Crippen LogP contribution in [0.4, 0.5) is 0 Å². The average molecular weight is 336 g/mol. The van der Waals surface area contributed by atoms with Crippen LogP contribution >= 0.6 is 0 Å². The van der Waals surface area contributed by atoms with Crippen LogP contribution in [-0.4, -0.2) is 40.1 Å². The highest BCUT2D eigenvalue weighted by atomic mass is 16.3. The van der Waals surface area contributed by atoms with Gasteiger partial charge in [0.15, 0.2) is 11.5 Å². The molecule has 3 aromatic rings. The molecule has 2 aromatic carbocycles. The van der Waals surface area contributed by atoms with Gasteiger partial charge in [0.25, 0.3) is 5.91 Å². The Hall–Kier alpha value is -2.66. The minimum Gasteiger partial charge on any atom is -0.441 e. The number of rotatable bonds is 4. The maximum Gasteiger partial charge on any atom is 0.254 e. The van der Waals surface area contributed by atoms with E-state index in [1.807, 2.05) is 18.2 Å². The summed E-state index contributed by atoms with van der Waals surface area (Å²) in [6, 6.07) is 15.6. The molecule has 1 amide bonds. The van der Waals surface area contributed by atoms with E-state index in [0.717, 1.165) is 12.8 Å². The van der Waals surface area contributed by atoms with Gasteiger partial charge in [-0.05, 0) is 36.6 Å². The molecule has 5 nitrogen and oxygen atoms in total. The first kappa shape index (κ1) is 15.8. The number of fused-ring (bicyclic) bond motifs is 1. The van der Waals surface area contributed by atoms with Crippen LogP contribution in [0.15, 0.2) is 52.9 Å². The number of aryl methyl sites for hydroxylation is 2. The Morgan fingerprint density at radius 2 is 2.04 bits per heavy atom. The molecule has 1 saturated heterocycles. The lowest BCUT2D eigenvalue weighted by molar-refractivity contribution is 0.0765. The molecule has 0 radical (unpaired) electrons. The van der Waals surface area contributed by atoms with E-state index >= 15 is 0 Å². The van der Waals surface area contributed by atoms with Crippen molar-refractivity contribution < 1.29 is 14.3 Å². The zero-order chi connectivity index (χ0) is 17.2. The maximum atomic E-state index is 12.5. The molecule has 0 spiro atoms. The van der Waals surface area contributed by atoms with Crippen molar-refractivity contribution in [1.29, 1.82) is 0 Å². The fourth-order valence-corrected chi connectivity index (χ4v) is 3.22. The standard InChI is InChI=1S/C20H20N2O3/c23-16-10-11-22(13-16)20(24)15-7-8-18-17(12-15)21-19(25-18)9-6-14-4-2-1-3-5-14/h1-5,7-8,12,16,23H,6,9-11,13H2/t16-/m0/s1. The van der Waals surface area contributed by atoms with Gasteiger partial charge in [-0.15, -0.1) is 0 Å². The van der Waals surface area contributed by atoms with Crippen molar-refractivity contribution >= 4 is 17.0 Å². The summed E-state index contributed by atoms with van der Waals surface area (Å²) >= 11 is 0. The third-order valence-corrected chi connectivity index (χ3v) is 4.60. The first-order chi connectivity index (χ1) is 12.2. The summed E-state index contributed by atoms with van der Waals surface area (Å²) in [5, 5.41) is 9.60. The lowest BCUT2D eigenvalue weighted by Crippen LogP contribution is -2.29. The van der Waals surface area contributed by atoms with Gasteiger partial charge >= 0.3 is 0 Å². The minimum absolute atomic E-state index is 0.0627. The van der Waals surface area contributed by atoms with Crippen molar-refractivity contribution in [3.63, 3.8) is 0 Å². The van der Waals surface area contributed by atoms with Gasteiger partial charge < -0.3 is 14.4 Å². The number of β-amino-alcohol motifs (C(OH)–C–C–N with tert-alkyl or cyclic N) is 1. The Balaban J connectivity index is 1.50. The van der Waals surface area contributed by atoms with Gasteiger partial charge in [0.1, 0.15) is 5.52 Å². The summed E-state index contributed by atoms with van der Waals surface area (Å²) < 4.78 is 5.79. The molecule has 5 heteroatoms. The zero-order valence-electron chi connectivity index (χ0n) is 13.9. The first-order valence-corrected chi connectivity index (χ1v) is 8.60. The summed E-state index contributed by atoms with van der Waals surface area (Å²) in [7, 11) is 0. The normalized spacial score (nSPS) is 17.3. The number of aromatic nitrogens is 1. The van der Waals surface area contributed by atoms with E-state index in [4.69, 9.17) is 4.42 Å². The van der Waals surface area contributed by atoms with Crippen molar-refractivity contribution in [3.05, 3.63) is 65.5 Å². The number of amides is 1. The van der Waals surface area contributed by atoms with Gasteiger partial charge in [0.05, 0.1) is 6.10 Å². The van der Waals surface area contributed by atoms with Gasteiger partial charge in [-0.2, -0.15) is 0 Å².